The second kappa shape index (κ2) is 7.31. The SMILES string of the molecule is COC(C)(C)CCOC(=O)c1cc(N)ccc1OC(C)C. The predicted molar refractivity (Wildman–Crippen MR) is 82.6 cm³/mol. The molecule has 118 valence electrons. The number of benzene rings is 1. The summed E-state index contributed by atoms with van der Waals surface area (Å²) in [6.07, 6.45) is 0.574. The van der Waals surface area contributed by atoms with Crippen LogP contribution in [0.25, 0.3) is 0 Å². The molecule has 0 radical (unpaired) electrons. The first-order valence-corrected chi connectivity index (χ1v) is 7.03. The smallest absolute Gasteiger partial charge is 0.341 e. The van der Waals surface area contributed by atoms with Crippen LogP contribution in [0.2, 0.25) is 0 Å². The summed E-state index contributed by atoms with van der Waals surface area (Å²) in [4.78, 5) is 12.2. The molecule has 0 aliphatic rings. The van der Waals surface area contributed by atoms with Crippen molar-refractivity contribution in [2.45, 2.75) is 45.8 Å². The quantitative estimate of drug-likeness (QED) is 0.618. The van der Waals surface area contributed by atoms with Gasteiger partial charge in [0, 0.05) is 19.2 Å². The van der Waals surface area contributed by atoms with Crippen molar-refractivity contribution in [1.82, 2.24) is 0 Å². The van der Waals surface area contributed by atoms with Gasteiger partial charge in [0.15, 0.2) is 0 Å². The molecule has 0 aliphatic heterocycles. The fraction of sp³-hybridized carbons (Fsp3) is 0.562. The molecule has 5 heteroatoms. The molecule has 0 fully saturated rings. The first kappa shape index (κ1) is 17.3. The van der Waals surface area contributed by atoms with Crippen LogP contribution in [0.5, 0.6) is 5.75 Å². The zero-order chi connectivity index (χ0) is 16.0. The van der Waals surface area contributed by atoms with E-state index in [1.165, 1.54) is 0 Å². The minimum atomic E-state index is -0.440. The molecule has 5 nitrogen and oxygen atoms in total. The molecule has 1 aromatic carbocycles. The average molecular weight is 295 g/mol. The summed E-state index contributed by atoms with van der Waals surface area (Å²) >= 11 is 0. The lowest BCUT2D eigenvalue weighted by Gasteiger charge is -2.22. The summed E-state index contributed by atoms with van der Waals surface area (Å²) in [5.41, 5.74) is 6.25. The Morgan fingerprint density at radius 2 is 2.00 bits per heavy atom. The maximum Gasteiger partial charge on any atom is 0.341 e. The Morgan fingerprint density at radius 1 is 1.33 bits per heavy atom. The highest BCUT2D eigenvalue weighted by Gasteiger charge is 2.19. The van der Waals surface area contributed by atoms with Crippen LogP contribution in [-0.4, -0.2) is 31.4 Å². The summed E-state index contributed by atoms with van der Waals surface area (Å²) in [5, 5.41) is 0. The number of nitrogens with two attached hydrogens (primary N) is 1. The molecule has 21 heavy (non-hydrogen) atoms. The summed E-state index contributed by atoms with van der Waals surface area (Å²) in [6.45, 7) is 7.94. The molecule has 0 saturated heterocycles. The molecule has 0 aromatic heterocycles. The summed E-state index contributed by atoms with van der Waals surface area (Å²) < 4.78 is 16.2. The topological polar surface area (TPSA) is 70.8 Å². The van der Waals surface area contributed by atoms with Crippen LogP contribution in [-0.2, 0) is 9.47 Å². The zero-order valence-corrected chi connectivity index (χ0v) is 13.4. The lowest BCUT2D eigenvalue weighted by molar-refractivity contribution is -0.00573. The highest BCUT2D eigenvalue weighted by molar-refractivity contribution is 5.93. The van der Waals surface area contributed by atoms with E-state index < -0.39 is 5.97 Å². The first-order chi connectivity index (χ1) is 9.75. The van der Waals surface area contributed by atoms with Crippen molar-refractivity contribution in [3.8, 4) is 5.75 Å². The number of carbonyl (C=O) groups excluding carboxylic acids is 1. The average Bonchev–Trinajstić information content (AvgIpc) is 2.40. The summed E-state index contributed by atoms with van der Waals surface area (Å²) in [7, 11) is 1.63. The monoisotopic (exact) mass is 295 g/mol. The van der Waals surface area contributed by atoms with Crippen molar-refractivity contribution in [3.63, 3.8) is 0 Å². The van der Waals surface area contributed by atoms with Gasteiger partial charge in [0.25, 0.3) is 0 Å². The third-order valence-corrected chi connectivity index (χ3v) is 3.08. The standard InChI is InChI=1S/C16H25NO4/c1-11(2)21-14-7-6-12(17)10-13(14)15(18)20-9-8-16(3,4)19-5/h6-7,10-11H,8-9,17H2,1-5H3. The Bertz CT molecular complexity index is 483. The molecule has 1 aromatic rings. The molecular formula is C16H25NO4. The highest BCUT2D eigenvalue weighted by Crippen LogP contribution is 2.24. The van der Waals surface area contributed by atoms with Gasteiger partial charge in [-0.1, -0.05) is 0 Å². The fourth-order valence-electron chi connectivity index (χ4n) is 1.63. The molecule has 0 unspecified atom stereocenters. The van der Waals surface area contributed by atoms with Gasteiger partial charge in [0.1, 0.15) is 11.3 Å². The van der Waals surface area contributed by atoms with Crippen LogP contribution in [0.4, 0.5) is 5.69 Å². The van der Waals surface area contributed by atoms with Crippen molar-refractivity contribution >= 4 is 11.7 Å². The van der Waals surface area contributed by atoms with Gasteiger partial charge in [0.2, 0.25) is 0 Å². The number of hydrogen-bond donors (Lipinski definition) is 1. The number of methoxy groups -OCH3 is 1. The van der Waals surface area contributed by atoms with E-state index in [1.807, 2.05) is 27.7 Å². The highest BCUT2D eigenvalue weighted by atomic mass is 16.5. The predicted octanol–water partition coefficient (Wildman–Crippen LogP) is 3.03. The van der Waals surface area contributed by atoms with Gasteiger partial charge in [-0.05, 0) is 45.9 Å². The van der Waals surface area contributed by atoms with Gasteiger partial charge in [-0.15, -0.1) is 0 Å². The second-order valence-electron chi connectivity index (χ2n) is 5.77. The van der Waals surface area contributed by atoms with Crippen molar-refractivity contribution in [3.05, 3.63) is 23.8 Å². The molecule has 0 amide bonds. The molecule has 2 N–H and O–H groups in total. The first-order valence-electron chi connectivity index (χ1n) is 7.03. The van der Waals surface area contributed by atoms with Crippen LogP contribution >= 0.6 is 0 Å². The normalized spacial score (nSPS) is 11.5. The molecule has 0 saturated carbocycles. The van der Waals surface area contributed by atoms with Gasteiger partial charge in [0.05, 0.1) is 18.3 Å². The van der Waals surface area contributed by atoms with E-state index in [9.17, 15) is 4.79 Å². The summed E-state index contributed by atoms with van der Waals surface area (Å²) in [6, 6.07) is 4.95. The van der Waals surface area contributed by atoms with Crippen molar-refractivity contribution < 1.29 is 19.0 Å². The van der Waals surface area contributed by atoms with Crippen LogP contribution in [0.15, 0.2) is 18.2 Å². The Balaban J connectivity index is 2.75. The summed E-state index contributed by atoms with van der Waals surface area (Å²) in [5.74, 6) is 0.0417. The Kier molecular flexibility index (Phi) is 6.03. The van der Waals surface area contributed by atoms with Gasteiger partial charge >= 0.3 is 5.97 Å². The molecule has 0 bridgehead atoms. The van der Waals surface area contributed by atoms with E-state index in [1.54, 1.807) is 25.3 Å². The fourth-order valence-corrected chi connectivity index (χ4v) is 1.63. The van der Waals surface area contributed by atoms with Crippen LogP contribution < -0.4 is 10.5 Å². The van der Waals surface area contributed by atoms with Crippen molar-refractivity contribution in [2.75, 3.05) is 19.5 Å². The van der Waals surface area contributed by atoms with E-state index in [2.05, 4.69) is 0 Å². The minimum absolute atomic E-state index is 0.0346. The molecule has 0 spiro atoms. The van der Waals surface area contributed by atoms with Crippen LogP contribution in [0.3, 0.4) is 0 Å². The largest absolute Gasteiger partial charge is 0.490 e. The minimum Gasteiger partial charge on any atom is -0.490 e. The van der Waals surface area contributed by atoms with Gasteiger partial charge < -0.3 is 19.9 Å². The van der Waals surface area contributed by atoms with E-state index in [0.717, 1.165) is 0 Å². The maximum atomic E-state index is 12.2. The van der Waals surface area contributed by atoms with Crippen molar-refractivity contribution in [2.24, 2.45) is 0 Å². The number of ether oxygens (including phenoxy) is 3. The number of carbonyl (C=O) groups is 1. The van der Waals surface area contributed by atoms with Crippen LogP contribution in [0.1, 0.15) is 44.5 Å². The number of nitrogen functional groups attached to an aromatic ring is 1. The maximum absolute atomic E-state index is 12.2. The van der Waals surface area contributed by atoms with E-state index in [-0.39, 0.29) is 18.3 Å². The third kappa shape index (κ3) is 5.63. The van der Waals surface area contributed by atoms with Gasteiger partial charge in [-0.25, -0.2) is 4.79 Å². The zero-order valence-electron chi connectivity index (χ0n) is 13.4. The van der Waals surface area contributed by atoms with E-state index in [4.69, 9.17) is 19.9 Å². The molecule has 0 atom stereocenters. The second-order valence-corrected chi connectivity index (χ2v) is 5.77. The van der Waals surface area contributed by atoms with Crippen molar-refractivity contribution in [1.29, 1.82) is 0 Å². The molecular weight excluding hydrogens is 270 g/mol. The third-order valence-electron chi connectivity index (χ3n) is 3.08. The Labute approximate surface area is 126 Å². The van der Waals surface area contributed by atoms with E-state index in [0.29, 0.717) is 23.4 Å². The number of esters is 1. The number of anilines is 1. The van der Waals surface area contributed by atoms with Crippen LogP contribution in [0, 0.1) is 0 Å². The lowest BCUT2D eigenvalue weighted by atomic mass is 10.1. The van der Waals surface area contributed by atoms with Gasteiger partial charge in [-0.2, -0.15) is 0 Å². The van der Waals surface area contributed by atoms with Gasteiger partial charge in [-0.3, -0.25) is 0 Å². The number of hydrogen-bond acceptors (Lipinski definition) is 5. The Hall–Kier alpha value is -1.75. The molecule has 0 aliphatic carbocycles. The van der Waals surface area contributed by atoms with E-state index >= 15 is 0 Å². The lowest BCUT2D eigenvalue weighted by Crippen LogP contribution is -2.25. The Morgan fingerprint density at radius 3 is 2.57 bits per heavy atom. The molecule has 1 rings (SSSR count). The number of rotatable bonds is 7. The molecule has 0 heterocycles.